The van der Waals surface area contributed by atoms with Crippen molar-refractivity contribution in [3.05, 3.63) is 22.1 Å². The summed E-state index contributed by atoms with van der Waals surface area (Å²) in [5, 5.41) is 8.74. The quantitative estimate of drug-likeness (QED) is 0.898. The molecule has 0 saturated heterocycles. The molecule has 0 atom stereocenters. The molecule has 0 unspecified atom stereocenters. The molecule has 1 N–H and O–H groups in total. The zero-order valence-electron chi connectivity index (χ0n) is 8.79. The minimum Gasteiger partial charge on any atom is -0.475 e. The van der Waals surface area contributed by atoms with Gasteiger partial charge in [0.2, 0.25) is 5.76 Å². The van der Waals surface area contributed by atoms with Crippen LogP contribution in [-0.2, 0) is 6.54 Å². The normalized spacial score (nSPS) is 10.9. The van der Waals surface area contributed by atoms with Gasteiger partial charge in [-0.3, -0.25) is 4.90 Å². The van der Waals surface area contributed by atoms with Crippen LogP contribution < -0.4 is 0 Å². The Morgan fingerprint density at radius 1 is 1.53 bits per heavy atom. The predicted molar refractivity (Wildman–Crippen MR) is 60.0 cm³/mol. The van der Waals surface area contributed by atoms with E-state index in [-0.39, 0.29) is 5.76 Å². The molecule has 84 valence electrons. The smallest absolute Gasteiger partial charge is 0.371 e. The van der Waals surface area contributed by atoms with Crippen molar-refractivity contribution in [3.63, 3.8) is 0 Å². The van der Waals surface area contributed by atoms with Gasteiger partial charge in [-0.15, -0.1) is 0 Å². The zero-order valence-corrected chi connectivity index (χ0v) is 10.4. The van der Waals surface area contributed by atoms with E-state index in [0.29, 0.717) is 11.2 Å². The molecular formula is C10H14BrNO3. The molecule has 5 heteroatoms. The highest BCUT2D eigenvalue weighted by Crippen LogP contribution is 2.23. The van der Waals surface area contributed by atoms with Gasteiger partial charge in [-0.05, 0) is 35.1 Å². The van der Waals surface area contributed by atoms with E-state index in [9.17, 15) is 4.79 Å². The lowest BCUT2D eigenvalue weighted by Crippen LogP contribution is -2.21. The lowest BCUT2D eigenvalue weighted by atomic mass is 10.3. The third-order valence-corrected chi connectivity index (χ3v) is 2.93. The van der Waals surface area contributed by atoms with Crippen molar-refractivity contribution in [2.45, 2.75) is 20.4 Å². The van der Waals surface area contributed by atoms with E-state index < -0.39 is 5.97 Å². The molecule has 0 saturated carbocycles. The van der Waals surface area contributed by atoms with Crippen LogP contribution in [0.25, 0.3) is 0 Å². The molecule has 15 heavy (non-hydrogen) atoms. The molecule has 1 heterocycles. The Morgan fingerprint density at radius 2 is 2.13 bits per heavy atom. The number of carboxylic acids is 1. The molecule has 1 rings (SSSR count). The lowest BCUT2D eigenvalue weighted by molar-refractivity contribution is 0.0661. The number of aromatic carboxylic acids is 1. The van der Waals surface area contributed by atoms with E-state index >= 15 is 0 Å². The van der Waals surface area contributed by atoms with E-state index in [0.717, 1.165) is 18.7 Å². The molecular weight excluding hydrogens is 262 g/mol. The van der Waals surface area contributed by atoms with E-state index in [4.69, 9.17) is 9.52 Å². The largest absolute Gasteiger partial charge is 0.475 e. The van der Waals surface area contributed by atoms with E-state index in [1.54, 1.807) is 6.07 Å². The summed E-state index contributed by atoms with van der Waals surface area (Å²) in [6, 6.07) is 1.56. The van der Waals surface area contributed by atoms with E-state index in [1.807, 2.05) is 0 Å². The van der Waals surface area contributed by atoms with Crippen LogP contribution in [0, 0.1) is 0 Å². The average molecular weight is 276 g/mol. The van der Waals surface area contributed by atoms with E-state index in [2.05, 4.69) is 34.7 Å². The van der Waals surface area contributed by atoms with Crippen LogP contribution in [0.3, 0.4) is 0 Å². The number of carbonyl (C=O) groups is 1. The number of hydrogen-bond donors (Lipinski definition) is 1. The van der Waals surface area contributed by atoms with Gasteiger partial charge in [0.15, 0.2) is 4.67 Å². The van der Waals surface area contributed by atoms with Crippen molar-refractivity contribution in [1.29, 1.82) is 0 Å². The molecule has 0 aliphatic carbocycles. The number of furan rings is 1. The standard InChI is InChI=1S/C10H14BrNO3/c1-3-12(4-2)6-7-5-8(10(13)14)15-9(7)11/h5H,3-4,6H2,1-2H3,(H,13,14). The van der Waals surface area contributed by atoms with Crippen LogP contribution in [-0.4, -0.2) is 29.1 Å². The Labute approximate surface area is 97.0 Å². The molecule has 0 bridgehead atoms. The molecule has 0 fully saturated rings. The SMILES string of the molecule is CCN(CC)Cc1cc(C(=O)O)oc1Br. The fraction of sp³-hybridized carbons (Fsp3) is 0.500. The number of rotatable bonds is 5. The van der Waals surface area contributed by atoms with Gasteiger partial charge in [0, 0.05) is 12.1 Å². The maximum absolute atomic E-state index is 10.7. The minimum atomic E-state index is -1.04. The zero-order chi connectivity index (χ0) is 11.4. The molecule has 0 aliphatic rings. The Balaban J connectivity index is 2.81. The van der Waals surface area contributed by atoms with Crippen molar-refractivity contribution >= 4 is 21.9 Å². The molecule has 0 radical (unpaired) electrons. The third kappa shape index (κ3) is 3.07. The van der Waals surface area contributed by atoms with Crippen LogP contribution in [0.2, 0.25) is 0 Å². The first-order valence-corrected chi connectivity index (χ1v) is 5.61. The number of nitrogens with zero attached hydrogens (tertiary/aromatic N) is 1. The van der Waals surface area contributed by atoms with Gasteiger partial charge in [0.05, 0.1) is 0 Å². The average Bonchev–Trinajstić information content (AvgIpc) is 2.56. The fourth-order valence-electron chi connectivity index (χ4n) is 1.31. The first kappa shape index (κ1) is 12.3. The first-order valence-electron chi connectivity index (χ1n) is 4.82. The number of hydrogen-bond acceptors (Lipinski definition) is 3. The van der Waals surface area contributed by atoms with Gasteiger partial charge >= 0.3 is 5.97 Å². The second kappa shape index (κ2) is 5.32. The third-order valence-electron chi connectivity index (χ3n) is 2.26. The summed E-state index contributed by atoms with van der Waals surface area (Å²) in [6.07, 6.45) is 0. The summed E-state index contributed by atoms with van der Waals surface area (Å²) in [5.41, 5.74) is 0.871. The van der Waals surface area contributed by atoms with Crippen molar-refractivity contribution < 1.29 is 14.3 Å². The molecule has 1 aromatic rings. The van der Waals surface area contributed by atoms with Crippen LogP contribution in [0.1, 0.15) is 30.0 Å². The van der Waals surface area contributed by atoms with Crippen molar-refractivity contribution in [2.24, 2.45) is 0 Å². The topological polar surface area (TPSA) is 53.7 Å². The summed E-state index contributed by atoms with van der Waals surface area (Å²) >= 11 is 3.22. The number of halogens is 1. The van der Waals surface area contributed by atoms with Crippen molar-refractivity contribution in [1.82, 2.24) is 4.90 Å². The molecule has 0 spiro atoms. The second-order valence-corrected chi connectivity index (χ2v) is 3.90. The van der Waals surface area contributed by atoms with Gasteiger partial charge in [-0.1, -0.05) is 13.8 Å². The Hall–Kier alpha value is -0.810. The predicted octanol–water partition coefficient (Wildman–Crippen LogP) is 2.58. The van der Waals surface area contributed by atoms with Gasteiger partial charge in [0.1, 0.15) is 0 Å². The van der Waals surface area contributed by atoms with Crippen molar-refractivity contribution in [3.8, 4) is 0 Å². The van der Waals surface area contributed by atoms with Crippen LogP contribution in [0.4, 0.5) is 0 Å². The Bertz CT molecular complexity index is 344. The van der Waals surface area contributed by atoms with Gasteiger partial charge in [-0.2, -0.15) is 0 Å². The molecule has 0 aromatic carbocycles. The highest BCUT2D eigenvalue weighted by atomic mass is 79.9. The van der Waals surface area contributed by atoms with Crippen molar-refractivity contribution in [2.75, 3.05) is 13.1 Å². The summed E-state index contributed by atoms with van der Waals surface area (Å²) in [7, 11) is 0. The van der Waals surface area contributed by atoms with Crippen LogP contribution >= 0.6 is 15.9 Å². The Morgan fingerprint density at radius 3 is 2.53 bits per heavy atom. The fourth-order valence-corrected chi connectivity index (χ4v) is 1.72. The highest BCUT2D eigenvalue weighted by molar-refractivity contribution is 9.10. The molecule has 1 aromatic heterocycles. The van der Waals surface area contributed by atoms with Gasteiger partial charge in [0.25, 0.3) is 0 Å². The summed E-state index contributed by atoms with van der Waals surface area (Å²) in [4.78, 5) is 12.8. The van der Waals surface area contributed by atoms with Gasteiger partial charge < -0.3 is 9.52 Å². The summed E-state index contributed by atoms with van der Waals surface area (Å²) in [6.45, 7) is 6.68. The highest BCUT2D eigenvalue weighted by Gasteiger charge is 2.15. The summed E-state index contributed by atoms with van der Waals surface area (Å²) < 4.78 is 5.56. The maximum Gasteiger partial charge on any atom is 0.371 e. The first-order chi connectivity index (χ1) is 7.08. The lowest BCUT2D eigenvalue weighted by Gasteiger charge is -2.16. The van der Waals surface area contributed by atoms with Crippen LogP contribution in [0.15, 0.2) is 15.2 Å². The minimum absolute atomic E-state index is 0.0240. The molecule has 0 aliphatic heterocycles. The van der Waals surface area contributed by atoms with Gasteiger partial charge in [-0.25, -0.2) is 4.79 Å². The number of carboxylic acid groups (broad SMARTS) is 1. The maximum atomic E-state index is 10.7. The molecule has 0 amide bonds. The van der Waals surface area contributed by atoms with E-state index in [1.165, 1.54) is 0 Å². The second-order valence-electron chi connectivity index (χ2n) is 3.18. The Kier molecular flexibility index (Phi) is 4.35. The summed E-state index contributed by atoms with van der Waals surface area (Å²) in [5.74, 6) is -1.06. The monoisotopic (exact) mass is 275 g/mol. The van der Waals surface area contributed by atoms with Crippen LogP contribution in [0.5, 0.6) is 0 Å². The molecule has 4 nitrogen and oxygen atoms in total.